The van der Waals surface area contributed by atoms with Crippen molar-refractivity contribution >= 4 is 62.3 Å². The molecule has 0 bridgehead atoms. The van der Waals surface area contributed by atoms with Gasteiger partial charge in [0, 0.05) is 39.5 Å². The fourth-order valence-electron chi connectivity index (χ4n) is 3.23. The number of primary amides is 1. The molecule has 9 nitrogen and oxygen atoms in total. The molecule has 178 valence electrons. The summed E-state index contributed by atoms with van der Waals surface area (Å²) in [6.45, 7) is -0.392. The maximum Gasteiger partial charge on any atom is 0.341 e. The largest absolute Gasteiger partial charge is 0.489 e. The summed E-state index contributed by atoms with van der Waals surface area (Å²) in [6.07, 6.45) is 1.30. The van der Waals surface area contributed by atoms with Crippen LogP contribution in [0.5, 0.6) is 5.75 Å². The number of nitrogen functional groups attached to an aromatic ring is 1. The molecule has 4 aromatic rings. The number of anilines is 2. The number of nitrogens with zero attached hydrogens (tertiary/aromatic N) is 1. The Bertz CT molecular complexity index is 1420. The fourth-order valence-corrected chi connectivity index (χ4v) is 4.41. The zero-order chi connectivity index (χ0) is 24.9. The number of fused-ring (bicyclic) bond motifs is 1. The third kappa shape index (κ3) is 5.68. The second kappa shape index (κ2) is 10.4. The van der Waals surface area contributed by atoms with Crippen LogP contribution in [0.25, 0.3) is 10.1 Å². The Hall–Kier alpha value is -4.15. The zero-order valence-electron chi connectivity index (χ0n) is 18.1. The lowest BCUT2D eigenvalue weighted by Gasteiger charge is -2.10. The van der Waals surface area contributed by atoms with Crippen molar-refractivity contribution in [2.75, 3.05) is 17.7 Å². The van der Waals surface area contributed by atoms with Gasteiger partial charge < -0.3 is 26.3 Å². The highest BCUT2D eigenvalue weighted by atomic mass is 35.5. The predicted octanol–water partition coefficient (Wildman–Crippen LogP) is 4.01. The van der Waals surface area contributed by atoms with Crippen molar-refractivity contribution in [1.82, 2.24) is 4.98 Å². The Morgan fingerprint density at radius 1 is 1.11 bits per heavy atom. The zero-order valence-corrected chi connectivity index (χ0v) is 19.7. The number of nitrogens with one attached hydrogen (secondary N) is 1. The van der Waals surface area contributed by atoms with Crippen LogP contribution in [0.2, 0.25) is 5.02 Å². The van der Waals surface area contributed by atoms with Gasteiger partial charge >= 0.3 is 5.97 Å². The third-order valence-electron chi connectivity index (χ3n) is 4.86. The molecule has 35 heavy (non-hydrogen) atoms. The summed E-state index contributed by atoms with van der Waals surface area (Å²) in [6, 6.07) is 13.5. The smallest absolute Gasteiger partial charge is 0.341 e. The standard InChI is InChI=1S/C24H19ClN4O5S/c25-15-6-4-13(5-7-15)23(31)29-16-2-1-3-17(8-16)33-10-14-12-35-21-18(9-28-22(27)20(14)21)24(32)34-11-19(26)30/h1-9,12H,10-11H2,(H2,26,30)(H2,27,28)(H,29,31). The molecular formula is C24H19ClN4O5S. The first-order valence-corrected chi connectivity index (χ1v) is 11.5. The Labute approximate surface area is 208 Å². The van der Waals surface area contributed by atoms with Gasteiger partial charge in [-0.15, -0.1) is 11.3 Å². The summed E-state index contributed by atoms with van der Waals surface area (Å²) < 4.78 is 11.4. The molecule has 2 amide bonds. The van der Waals surface area contributed by atoms with Gasteiger partial charge in [0.25, 0.3) is 11.8 Å². The Kier molecular flexibility index (Phi) is 7.14. The summed E-state index contributed by atoms with van der Waals surface area (Å²) in [5.74, 6) is -1.01. The maximum atomic E-state index is 12.5. The quantitative estimate of drug-likeness (QED) is 0.303. The normalized spacial score (nSPS) is 10.7. The number of nitrogens with two attached hydrogens (primary N) is 2. The Morgan fingerprint density at radius 3 is 2.63 bits per heavy atom. The molecule has 0 atom stereocenters. The van der Waals surface area contributed by atoms with E-state index in [0.717, 1.165) is 5.56 Å². The molecular weight excluding hydrogens is 492 g/mol. The van der Waals surface area contributed by atoms with Gasteiger partial charge in [-0.2, -0.15) is 0 Å². The van der Waals surface area contributed by atoms with Gasteiger partial charge in [-0.1, -0.05) is 17.7 Å². The second-order valence-corrected chi connectivity index (χ2v) is 8.66. The number of hydrogen-bond donors (Lipinski definition) is 3. The minimum absolute atomic E-state index is 0.139. The number of ether oxygens (including phenoxy) is 2. The van der Waals surface area contributed by atoms with Crippen LogP contribution in [-0.2, 0) is 16.1 Å². The number of esters is 1. The lowest BCUT2D eigenvalue weighted by molar-refractivity contribution is -0.121. The molecule has 0 saturated carbocycles. The number of rotatable bonds is 8. The van der Waals surface area contributed by atoms with Gasteiger partial charge in [0.1, 0.15) is 18.2 Å². The molecule has 0 fully saturated rings. The second-order valence-electron chi connectivity index (χ2n) is 7.34. The maximum absolute atomic E-state index is 12.5. The highest BCUT2D eigenvalue weighted by Crippen LogP contribution is 2.33. The van der Waals surface area contributed by atoms with Crippen LogP contribution >= 0.6 is 22.9 Å². The van der Waals surface area contributed by atoms with Crippen LogP contribution in [0, 0.1) is 0 Å². The van der Waals surface area contributed by atoms with Gasteiger partial charge in [0.15, 0.2) is 6.61 Å². The van der Waals surface area contributed by atoms with Crippen molar-refractivity contribution in [2.24, 2.45) is 5.73 Å². The van der Waals surface area contributed by atoms with Crippen LogP contribution in [0.15, 0.2) is 60.1 Å². The van der Waals surface area contributed by atoms with Crippen molar-refractivity contribution in [3.8, 4) is 5.75 Å². The van der Waals surface area contributed by atoms with Crippen molar-refractivity contribution in [1.29, 1.82) is 0 Å². The van der Waals surface area contributed by atoms with Crippen LogP contribution in [0.4, 0.5) is 11.5 Å². The lowest BCUT2D eigenvalue weighted by atomic mass is 10.1. The molecule has 2 aromatic carbocycles. The Balaban J connectivity index is 1.48. The highest BCUT2D eigenvalue weighted by molar-refractivity contribution is 7.17. The van der Waals surface area contributed by atoms with E-state index in [1.165, 1.54) is 17.5 Å². The number of pyridine rings is 1. The summed E-state index contributed by atoms with van der Waals surface area (Å²) in [5.41, 5.74) is 13.0. The third-order valence-corrected chi connectivity index (χ3v) is 6.17. The minimum atomic E-state index is -0.759. The van der Waals surface area contributed by atoms with Crippen LogP contribution in [0.1, 0.15) is 26.3 Å². The van der Waals surface area contributed by atoms with E-state index >= 15 is 0 Å². The van der Waals surface area contributed by atoms with Crippen molar-refractivity contribution < 1.29 is 23.9 Å². The number of benzene rings is 2. The molecule has 2 heterocycles. The summed E-state index contributed by atoms with van der Waals surface area (Å²) >= 11 is 7.15. The molecule has 0 aliphatic carbocycles. The van der Waals surface area contributed by atoms with E-state index in [-0.39, 0.29) is 23.9 Å². The van der Waals surface area contributed by atoms with Crippen molar-refractivity contribution in [2.45, 2.75) is 6.61 Å². The predicted molar refractivity (Wildman–Crippen MR) is 134 cm³/mol. The molecule has 5 N–H and O–H groups in total. The highest BCUT2D eigenvalue weighted by Gasteiger charge is 2.19. The van der Waals surface area contributed by atoms with Gasteiger partial charge in [-0.25, -0.2) is 9.78 Å². The molecule has 0 radical (unpaired) electrons. The molecule has 11 heteroatoms. The number of carbonyl (C=O) groups is 3. The monoisotopic (exact) mass is 510 g/mol. The van der Waals surface area contributed by atoms with Gasteiger partial charge in [0.2, 0.25) is 0 Å². The van der Waals surface area contributed by atoms with Gasteiger partial charge in [-0.3, -0.25) is 9.59 Å². The van der Waals surface area contributed by atoms with Gasteiger partial charge in [0.05, 0.1) is 10.3 Å². The van der Waals surface area contributed by atoms with Crippen LogP contribution in [0.3, 0.4) is 0 Å². The lowest BCUT2D eigenvalue weighted by Crippen LogP contribution is -2.21. The molecule has 0 saturated heterocycles. The van der Waals surface area contributed by atoms with E-state index in [0.29, 0.717) is 32.1 Å². The van der Waals surface area contributed by atoms with E-state index in [1.54, 1.807) is 53.9 Å². The average molecular weight is 511 g/mol. The number of carbonyl (C=O) groups excluding carboxylic acids is 3. The first kappa shape index (κ1) is 24.0. The van der Waals surface area contributed by atoms with E-state index in [1.807, 2.05) is 0 Å². The Morgan fingerprint density at radius 2 is 1.89 bits per heavy atom. The van der Waals surface area contributed by atoms with E-state index < -0.39 is 18.5 Å². The average Bonchev–Trinajstić information content (AvgIpc) is 3.27. The van der Waals surface area contributed by atoms with Crippen molar-refractivity contribution in [3.63, 3.8) is 0 Å². The number of thiophene rings is 1. The van der Waals surface area contributed by atoms with Crippen LogP contribution < -0.4 is 21.5 Å². The topological polar surface area (TPSA) is 147 Å². The minimum Gasteiger partial charge on any atom is -0.489 e. The van der Waals surface area contributed by atoms with E-state index in [4.69, 9.17) is 32.5 Å². The molecule has 2 aromatic heterocycles. The summed E-state index contributed by atoms with van der Waals surface area (Å²) in [4.78, 5) is 39.8. The number of aromatic nitrogens is 1. The molecule has 0 aliphatic heterocycles. The number of amides is 2. The molecule has 0 unspecified atom stereocenters. The van der Waals surface area contributed by atoms with E-state index in [2.05, 4.69) is 10.3 Å². The fraction of sp³-hybridized carbons (Fsp3) is 0.0833. The SMILES string of the molecule is NC(=O)COC(=O)c1cnc(N)c2c(COc3cccc(NC(=O)c4ccc(Cl)cc4)c3)csc12. The molecule has 0 spiro atoms. The molecule has 4 rings (SSSR count). The van der Waals surface area contributed by atoms with Gasteiger partial charge in [-0.05, 0) is 41.8 Å². The first-order chi connectivity index (χ1) is 16.8. The number of hydrogen-bond acceptors (Lipinski definition) is 8. The number of halogens is 1. The summed E-state index contributed by atoms with van der Waals surface area (Å²) in [7, 11) is 0. The van der Waals surface area contributed by atoms with E-state index in [9.17, 15) is 14.4 Å². The molecule has 0 aliphatic rings. The van der Waals surface area contributed by atoms with Crippen molar-refractivity contribution in [3.05, 3.63) is 81.8 Å². The first-order valence-electron chi connectivity index (χ1n) is 10.2. The summed E-state index contributed by atoms with van der Waals surface area (Å²) in [5, 5.41) is 5.73. The van der Waals surface area contributed by atoms with Crippen LogP contribution in [-0.4, -0.2) is 29.4 Å².